The number of benzene rings is 2. The van der Waals surface area contributed by atoms with E-state index in [0.717, 1.165) is 17.5 Å². The number of nitrogens with one attached hydrogen (secondary N) is 1. The maximum absolute atomic E-state index is 13.5. The predicted octanol–water partition coefficient (Wildman–Crippen LogP) is 4.16. The molecule has 3 rings (SSSR count). The quantitative estimate of drug-likeness (QED) is 0.544. The number of hydrogen-bond donors (Lipinski definition) is 2. The average molecular weight is 497 g/mol. The Morgan fingerprint density at radius 2 is 1.77 bits per heavy atom. The van der Waals surface area contributed by atoms with Gasteiger partial charge in [0.1, 0.15) is 0 Å². The normalized spacial score (nSPS) is 17.3. The van der Waals surface area contributed by atoms with Gasteiger partial charge in [0.2, 0.25) is 18.0 Å². The third-order valence-electron chi connectivity index (χ3n) is 6.25. The number of para-hydroxylation sites is 1. The van der Waals surface area contributed by atoms with Gasteiger partial charge in [-0.3, -0.25) is 14.4 Å². The molecule has 3 atom stereocenters. The molecular formula is C27H33ClN4O3. The van der Waals surface area contributed by atoms with E-state index >= 15 is 0 Å². The molecule has 0 aliphatic carbocycles. The van der Waals surface area contributed by atoms with Gasteiger partial charge in [0.25, 0.3) is 5.91 Å². The van der Waals surface area contributed by atoms with Gasteiger partial charge in [-0.15, -0.1) is 0 Å². The molecule has 0 spiro atoms. The fourth-order valence-electron chi connectivity index (χ4n) is 4.51. The lowest BCUT2D eigenvalue weighted by molar-refractivity contribution is -0.136. The van der Waals surface area contributed by atoms with Crippen LogP contribution in [0.5, 0.6) is 0 Å². The Morgan fingerprint density at radius 1 is 1.11 bits per heavy atom. The highest BCUT2D eigenvalue weighted by molar-refractivity contribution is 6.30. The maximum Gasteiger partial charge on any atom is 0.272 e. The molecule has 7 nitrogen and oxygen atoms in total. The van der Waals surface area contributed by atoms with E-state index in [2.05, 4.69) is 5.32 Å². The number of hydrogen-bond acceptors (Lipinski definition) is 4. The number of benzodiazepines with no additional fused rings is 1. The lowest BCUT2D eigenvalue weighted by Gasteiger charge is -2.27. The van der Waals surface area contributed by atoms with Crippen molar-refractivity contribution < 1.29 is 14.4 Å². The Bertz CT molecular complexity index is 1110. The molecule has 1 heterocycles. The second-order valence-electron chi connectivity index (χ2n) is 9.34. The number of amides is 3. The first-order valence-electron chi connectivity index (χ1n) is 11.9. The summed E-state index contributed by atoms with van der Waals surface area (Å²) in [4.78, 5) is 45.4. The summed E-state index contributed by atoms with van der Waals surface area (Å²) in [5, 5.41) is 3.42. The van der Waals surface area contributed by atoms with Crippen molar-refractivity contribution >= 4 is 40.7 Å². The van der Waals surface area contributed by atoms with Crippen molar-refractivity contribution in [2.24, 2.45) is 28.5 Å². The van der Waals surface area contributed by atoms with Crippen LogP contribution in [0.1, 0.15) is 51.2 Å². The second kappa shape index (κ2) is 11.5. The van der Waals surface area contributed by atoms with E-state index in [1.54, 1.807) is 19.2 Å². The number of halogens is 1. The van der Waals surface area contributed by atoms with Gasteiger partial charge in [-0.2, -0.15) is 0 Å². The molecule has 0 bridgehead atoms. The van der Waals surface area contributed by atoms with E-state index < -0.39 is 29.8 Å². The Morgan fingerprint density at radius 3 is 2.37 bits per heavy atom. The number of nitrogens with two attached hydrogens (primary N) is 1. The zero-order valence-corrected chi connectivity index (χ0v) is 21.4. The van der Waals surface area contributed by atoms with Gasteiger partial charge in [0, 0.05) is 35.0 Å². The molecule has 35 heavy (non-hydrogen) atoms. The number of anilines is 1. The number of nitrogens with zero attached hydrogens (tertiary/aromatic N) is 2. The molecule has 8 heteroatoms. The minimum Gasteiger partial charge on any atom is -0.369 e. The molecule has 0 radical (unpaired) electrons. The van der Waals surface area contributed by atoms with Gasteiger partial charge in [0.15, 0.2) is 0 Å². The van der Waals surface area contributed by atoms with Gasteiger partial charge >= 0.3 is 0 Å². The first-order valence-corrected chi connectivity index (χ1v) is 12.3. The third kappa shape index (κ3) is 6.09. The molecule has 3 amide bonds. The van der Waals surface area contributed by atoms with E-state index in [1.165, 1.54) is 4.90 Å². The van der Waals surface area contributed by atoms with Gasteiger partial charge in [0.05, 0.1) is 11.4 Å². The fraction of sp³-hybridized carbons (Fsp3) is 0.407. The molecule has 2 aromatic carbocycles. The van der Waals surface area contributed by atoms with Gasteiger partial charge in [-0.05, 0) is 37.0 Å². The Kier molecular flexibility index (Phi) is 8.67. The third-order valence-corrected chi connectivity index (χ3v) is 6.50. The number of carbonyl (C=O) groups is 3. The van der Waals surface area contributed by atoms with Gasteiger partial charge in [-0.25, -0.2) is 4.99 Å². The summed E-state index contributed by atoms with van der Waals surface area (Å²) in [5.74, 6) is -2.37. The topological polar surface area (TPSA) is 105 Å². The van der Waals surface area contributed by atoms with Crippen LogP contribution in [0.3, 0.4) is 0 Å². The highest BCUT2D eigenvalue weighted by atomic mass is 35.5. The van der Waals surface area contributed by atoms with Crippen LogP contribution in [0.15, 0.2) is 53.5 Å². The van der Waals surface area contributed by atoms with Crippen LogP contribution in [-0.4, -0.2) is 36.6 Å². The molecule has 2 aromatic rings. The van der Waals surface area contributed by atoms with Gasteiger partial charge in [-0.1, -0.05) is 69.1 Å². The molecule has 1 aliphatic rings. The van der Waals surface area contributed by atoms with Crippen LogP contribution in [0.4, 0.5) is 5.69 Å². The van der Waals surface area contributed by atoms with Crippen molar-refractivity contribution in [2.75, 3.05) is 11.9 Å². The van der Waals surface area contributed by atoms with E-state index in [-0.39, 0.29) is 11.8 Å². The summed E-state index contributed by atoms with van der Waals surface area (Å²) >= 11 is 6.09. The van der Waals surface area contributed by atoms with Crippen molar-refractivity contribution in [3.63, 3.8) is 0 Å². The maximum atomic E-state index is 13.5. The number of likely N-dealkylation sites (N-methyl/N-ethyl adjacent to an activating group) is 1. The minimum absolute atomic E-state index is 0.161. The standard InChI is InChI=1S/C27H33ClN4O3/c1-5-8-19(24(29)33)21(15-16(2)3)26(34)31-25-27(35)32(4)22-10-7-6-9-20(22)23(30-25)17-11-13-18(28)14-12-17/h6-7,9-14,16,19,21,25H,5,8,15H2,1-4H3,(H2,29,33)(H,31,34)/t19-,21+,25+/m0/s1. The van der Waals surface area contributed by atoms with E-state index in [9.17, 15) is 14.4 Å². The predicted molar refractivity (Wildman–Crippen MR) is 139 cm³/mol. The van der Waals surface area contributed by atoms with E-state index in [0.29, 0.717) is 29.3 Å². The summed E-state index contributed by atoms with van der Waals surface area (Å²) < 4.78 is 0. The molecular weight excluding hydrogens is 464 g/mol. The number of fused-ring (bicyclic) bond motifs is 1. The number of primary amides is 1. The highest BCUT2D eigenvalue weighted by Crippen LogP contribution is 2.29. The van der Waals surface area contributed by atoms with Crippen LogP contribution in [0.25, 0.3) is 0 Å². The number of aliphatic imine (C=N–C) groups is 1. The summed E-state index contributed by atoms with van der Waals surface area (Å²) in [6, 6.07) is 14.6. The Labute approximate surface area is 211 Å². The van der Waals surface area contributed by atoms with Crippen molar-refractivity contribution in [1.82, 2.24) is 5.32 Å². The summed E-state index contributed by atoms with van der Waals surface area (Å²) in [5.41, 5.74) is 8.47. The first kappa shape index (κ1) is 26.4. The van der Waals surface area contributed by atoms with Gasteiger partial charge < -0.3 is 16.0 Å². The molecule has 1 aliphatic heterocycles. The first-order chi connectivity index (χ1) is 16.6. The fourth-order valence-corrected chi connectivity index (χ4v) is 4.64. The molecule has 0 saturated carbocycles. The molecule has 0 fully saturated rings. The molecule has 0 aromatic heterocycles. The van der Waals surface area contributed by atoms with Crippen LogP contribution < -0.4 is 16.0 Å². The van der Waals surface area contributed by atoms with Crippen LogP contribution in [0, 0.1) is 17.8 Å². The Hall–Kier alpha value is -3.19. The molecule has 0 unspecified atom stereocenters. The minimum atomic E-state index is -1.16. The smallest absolute Gasteiger partial charge is 0.272 e. The number of carbonyl (C=O) groups excluding carboxylic acids is 3. The summed E-state index contributed by atoms with van der Waals surface area (Å²) in [7, 11) is 1.66. The molecule has 186 valence electrons. The number of rotatable bonds is 9. The second-order valence-corrected chi connectivity index (χ2v) is 9.78. The average Bonchev–Trinajstić information content (AvgIpc) is 2.92. The van der Waals surface area contributed by atoms with E-state index in [4.69, 9.17) is 22.3 Å². The molecule has 0 saturated heterocycles. The zero-order valence-electron chi connectivity index (χ0n) is 20.6. The Balaban J connectivity index is 2.04. The monoisotopic (exact) mass is 496 g/mol. The van der Waals surface area contributed by atoms with Crippen molar-refractivity contribution in [3.8, 4) is 0 Å². The zero-order chi connectivity index (χ0) is 25.7. The molecule has 3 N–H and O–H groups in total. The van der Waals surface area contributed by atoms with Crippen molar-refractivity contribution in [1.29, 1.82) is 0 Å². The lowest BCUT2D eigenvalue weighted by atomic mass is 9.81. The van der Waals surface area contributed by atoms with Crippen molar-refractivity contribution in [2.45, 2.75) is 46.2 Å². The van der Waals surface area contributed by atoms with Crippen LogP contribution in [0.2, 0.25) is 5.02 Å². The lowest BCUT2D eigenvalue weighted by Crippen LogP contribution is -2.50. The highest BCUT2D eigenvalue weighted by Gasteiger charge is 2.36. The summed E-state index contributed by atoms with van der Waals surface area (Å²) in [6.45, 7) is 5.93. The SMILES string of the molecule is CCC[C@H](C(N)=O)[C@@H](CC(C)C)C(=O)N[C@H]1N=C(c2ccc(Cl)cc2)c2ccccc2N(C)C1=O. The summed E-state index contributed by atoms with van der Waals surface area (Å²) in [6.07, 6.45) is 0.540. The van der Waals surface area contributed by atoms with Crippen LogP contribution in [-0.2, 0) is 14.4 Å². The van der Waals surface area contributed by atoms with Crippen LogP contribution >= 0.6 is 11.6 Å². The largest absolute Gasteiger partial charge is 0.369 e. The van der Waals surface area contributed by atoms with E-state index in [1.807, 2.05) is 57.2 Å². The van der Waals surface area contributed by atoms with Crippen molar-refractivity contribution in [3.05, 3.63) is 64.7 Å².